The van der Waals surface area contributed by atoms with Gasteiger partial charge in [0.05, 0.1) is 30.7 Å². The van der Waals surface area contributed by atoms with Crippen LogP contribution in [-0.4, -0.2) is 28.3 Å². The standard InChI is InChI=1S/C18H21N3O2/c1-18(2)15(21-17(22)14-8-9-19-20-11-14)10-16(18)23-12-13-6-4-3-5-7-13/h3-9,11,15-16H,10,12H2,1-2H3,(H,21,22)/t15-,16+/m1/s1. The van der Waals surface area contributed by atoms with Crippen molar-refractivity contribution in [3.8, 4) is 0 Å². The fourth-order valence-corrected chi connectivity index (χ4v) is 2.85. The van der Waals surface area contributed by atoms with Crippen LogP contribution in [-0.2, 0) is 11.3 Å². The van der Waals surface area contributed by atoms with Crippen molar-refractivity contribution >= 4 is 5.91 Å². The first-order chi connectivity index (χ1) is 11.1. The van der Waals surface area contributed by atoms with Gasteiger partial charge in [0, 0.05) is 11.5 Å². The van der Waals surface area contributed by atoms with Gasteiger partial charge in [0.15, 0.2) is 0 Å². The molecule has 0 unspecified atom stereocenters. The molecule has 3 rings (SSSR count). The molecule has 1 aliphatic carbocycles. The van der Waals surface area contributed by atoms with E-state index in [4.69, 9.17) is 4.74 Å². The summed E-state index contributed by atoms with van der Waals surface area (Å²) in [6.07, 6.45) is 3.96. The number of nitrogens with zero attached hydrogens (tertiary/aromatic N) is 2. The maximum atomic E-state index is 12.2. The molecule has 2 atom stereocenters. The number of benzene rings is 1. The highest BCUT2D eigenvalue weighted by Crippen LogP contribution is 2.43. The summed E-state index contributed by atoms with van der Waals surface area (Å²) in [7, 11) is 0. The summed E-state index contributed by atoms with van der Waals surface area (Å²) in [5.41, 5.74) is 1.60. The lowest BCUT2D eigenvalue weighted by Gasteiger charge is -2.51. The first-order valence-corrected chi connectivity index (χ1v) is 7.80. The number of nitrogens with one attached hydrogen (secondary N) is 1. The number of hydrogen-bond acceptors (Lipinski definition) is 4. The van der Waals surface area contributed by atoms with Crippen molar-refractivity contribution in [1.82, 2.24) is 15.5 Å². The Morgan fingerprint density at radius 2 is 2.04 bits per heavy atom. The van der Waals surface area contributed by atoms with E-state index in [1.165, 1.54) is 18.0 Å². The van der Waals surface area contributed by atoms with Gasteiger partial charge in [-0.2, -0.15) is 10.2 Å². The van der Waals surface area contributed by atoms with Crippen molar-refractivity contribution in [2.24, 2.45) is 5.41 Å². The van der Waals surface area contributed by atoms with Gasteiger partial charge in [0.2, 0.25) is 0 Å². The zero-order chi connectivity index (χ0) is 16.3. The third-order valence-electron chi connectivity index (χ3n) is 4.62. The number of ether oxygens (including phenoxy) is 1. The molecule has 1 aliphatic rings. The molecule has 1 N–H and O–H groups in total. The van der Waals surface area contributed by atoms with Gasteiger partial charge in [-0.15, -0.1) is 0 Å². The van der Waals surface area contributed by atoms with E-state index in [1.54, 1.807) is 6.07 Å². The fourth-order valence-electron chi connectivity index (χ4n) is 2.85. The summed E-state index contributed by atoms with van der Waals surface area (Å²) in [6, 6.07) is 11.9. The summed E-state index contributed by atoms with van der Waals surface area (Å²) < 4.78 is 6.02. The maximum absolute atomic E-state index is 12.2. The number of carbonyl (C=O) groups excluding carboxylic acids is 1. The quantitative estimate of drug-likeness (QED) is 0.922. The van der Waals surface area contributed by atoms with Crippen LogP contribution in [0.15, 0.2) is 48.8 Å². The van der Waals surface area contributed by atoms with Crippen LogP contribution in [0.3, 0.4) is 0 Å². The van der Waals surface area contributed by atoms with Gasteiger partial charge in [0.25, 0.3) is 5.91 Å². The Morgan fingerprint density at radius 3 is 2.70 bits per heavy atom. The molecule has 1 amide bonds. The minimum absolute atomic E-state index is 0.0924. The third kappa shape index (κ3) is 3.40. The molecular weight excluding hydrogens is 290 g/mol. The molecule has 1 heterocycles. The SMILES string of the molecule is CC1(C)[C@@H](OCc2ccccc2)C[C@H]1NC(=O)c1ccnnc1. The van der Waals surface area contributed by atoms with Gasteiger partial charge in [-0.3, -0.25) is 4.79 Å². The predicted octanol–water partition coefficient (Wildman–Crippen LogP) is 2.59. The Morgan fingerprint density at radius 1 is 1.26 bits per heavy atom. The lowest BCUT2D eigenvalue weighted by molar-refractivity contribution is -0.122. The normalized spacial score (nSPS) is 22.2. The predicted molar refractivity (Wildman–Crippen MR) is 86.7 cm³/mol. The molecule has 5 nitrogen and oxygen atoms in total. The van der Waals surface area contributed by atoms with E-state index in [-0.39, 0.29) is 23.5 Å². The Bertz CT molecular complexity index is 658. The van der Waals surface area contributed by atoms with Gasteiger partial charge in [-0.05, 0) is 18.1 Å². The molecule has 0 spiro atoms. The molecule has 0 radical (unpaired) electrons. The third-order valence-corrected chi connectivity index (χ3v) is 4.62. The van der Waals surface area contributed by atoms with Crippen LogP contribution in [0.4, 0.5) is 0 Å². The molecule has 1 saturated carbocycles. The zero-order valence-electron chi connectivity index (χ0n) is 13.4. The largest absolute Gasteiger partial charge is 0.373 e. The second-order valence-corrected chi connectivity index (χ2v) is 6.50. The van der Waals surface area contributed by atoms with Crippen molar-refractivity contribution in [1.29, 1.82) is 0 Å². The van der Waals surface area contributed by atoms with Crippen LogP contribution in [0.5, 0.6) is 0 Å². The number of aromatic nitrogens is 2. The first-order valence-electron chi connectivity index (χ1n) is 7.80. The topological polar surface area (TPSA) is 64.1 Å². The average Bonchev–Trinajstić information content (AvgIpc) is 2.59. The van der Waals surface area contributed by atoms with E-state index in [9.17, 15) is 4.79 Å². The first kappa shape index (κ1) is 15.6. The molecule has 1 aromatic carbocycles. The molecule has 0 saturated heterocycles. The van der Waals surface area contributed by atoms with Crippen LogP contribution in [0.1, 0.15) is 36.2 Å². The van der Waals surface area contributed by atoms with Crippen LogP contribution >= 0.6 is 0 Å². The van der Waals surface area contributed by atoms with Crippen molar-refractivity contribution in [2.75, 3.05) is 0 Å². The summed E-state index contributed by atoms with van der Waals surface area (Å²) in [4.78, 5) is 12.2. The number of amides is 1. The highest BCUT2D eigenvalue weighted by Gasteiger charge is 2.49. The van der Waals surface area contributed by atoms with E-state index in [0.717, 1.165) is 6.42 Å². The van der Waals surface area contributed by atoms with E-state index in [1.807, 2.05) is 18.2 Å². The minimum Gasteiger partial charge on any atom is -0.373 e. The molecule has 0 aliphatic heterocycles. The summed E-state index contributed by atoms with van der Waals surface area (Å²) in [6.45, 7) is 4.85. The van der Waals surface area contributed by atoms with Gasteiger partial charge >= 0.3 is 0 Å². The molecule has 2 aromatic rings. The van der Waals surface area contributed by atoms with Gasteiger partial charge in [-0.25, -0.2) is 0 Å². The van der Waals surface area contributed by atoms with Gasteiger partial charge < -0.3 is 10.1 Å². The van der Waals surface area contributed by atoms with E-state index in [0.29, 0.717) is 12.2 Å². The maximum Gasteiger partial charge on any atom is 0.253 e. The van der Waals surface area contributed by atoms with Crippen LogP contribution < -0.4 is 5.32 Å². The van der Waals surface area contributed by atoms with Crippen LogP contribution in [0.25, 0.3) is 0 Å². The second-order valence-electron chi connectivity index (χ2n) is 6.50. The average molecular weight is 311 g/mol. The lowest BCUT2D eigenvalue weighted by Crippen LogP contribution is -2.62. The molecule has 23 heavy (non-hydrogen) atoms. The van der Waals surface area contributed by atoms with Crippen molar-refractivity contribution in [3.05, 3.63) is 59.9 Å². The van der Waals surface area contributed by atoms with Crippen molar-refractivity contribution < 1.29 is 9.53 Å². The Labute approximate surface area is 136 Å². The van der Waals surface area contributed by atoms with Gasteiger partial charge in [-0.1, -0.05) is 44.2 Å². The molecule has 5 heteroatoms. The second kappa shape index (κ2) is 6.46. The van der Waals surface area contributed by atoms with Crippen molar-refractivity contribution in [2.45, 2.75) is 39.0 Å². The van der Waals surface area contributed by atoms with E-state index >= 15 is 0 Å². The summed E-state index contributed by atoms with van der Waals surface area (Å²) >= 11 is 0. The number of hydrogen-bond donors (Lipinski definition) is 1. The van der Waals surface area contributed by atoms with E-state index < -0.39 is 0 Å². The number of rotatable bonds is 5. The summed E-state index contributed by atoms with van der Waals surface area (Å²) in [5, 5.41) is 10.5. The highest BCUT2D eigenvalue weighted by molar-refractivity contribution is 5.94. The van der Waals surface area contributed by atoms with Gasteiger partial charge in [0.1, 0.15) is 0 Å². The summed E-state index contributed by atoms with van der Waals surface area (Å²) in [5.74, 6) is -0.112. The molecule has 1 fully saturated rings. The monoisotopic (exact) mass is 311 g/mol. The smallest absolute Gasteiger partial charge is 0.253 e. The Kier molecular flexibility index (Phi) is 4.39. The van der Waals surface area contributed by atoms with Crippen LogP contribution in [0, 0.1) is 5.41 Å². The van der Waals surface area contributed by atoms with Crippen molar-refractivity contribution in [3.63, 3.8) is 0 Å². The molecule has 120 valence electrons. The molecule has 0 bridgehead atoms. The Balaban J connectivity index is 1.53. The van der Waals surface area contributed by atoms with Crippen LogP contribution in [0.2, 0.25) is 0 Å². The van der Waals surface area contributed by atoms with E-state index in [2.05, 4.69) is 41.5 Å². The molecular formula is C18H21N3O2. The Hall–Kier alpha value is -2.27. The lowest BCUT2D eigenvalue weighted by atomic mass is 9.64. The molecule has 1 aromatic heterocycles. The fraction of sp³-hybridized carbons (Fsp3) is 0.389. The zero-order valence-corrected chi connectivity index (χ0v) is 13.4. The minimum atomic E-state index is -0.112. The highest BCUT2D eigenvalue weighted by atomic mass is 16.5. The number of carbonyl (C=O) groups is 1.